The number of hydrogen-bond donors (Lipinski definition) is 2. The molecular formula is C19H19N5O2. The van der Waals surface area contributed by atoms with Crippen LogP contribution in [-0.4, -0.2) is 26.6 Å². The molecule has 7 heteroatoms. The number of hydrogen-bond acceptors (Lipinski definition) is 4. The summed E-state index contributed by atoms with van der Waals surface area (Å²) >= 11 is 0. The minimum atomic E-state index is -0.903. The Bertz CT molecular complexity index is 932. The van der Waals surface area contributed by atoms with E-state index in [-0.39, 0.29) is 0 Å². The number of nitrogens with one attached hydrogen (secondary N) is 1. The van der Waals surface area contributed by atoms with Crippen LogP contribution in [-0.2, 0) is 4.79 Å². The van der Waals surface area contributed by atoms with Gasteiger partial charge in [-0.25, -0.2) is 9.67 Å². The lowest BCUT2D eigenvalue weighted by molar-refractivity contribution is -0.120. The summed E-state index contributed by atoms with van der Waals surface area (Å²) < 4.78 is 1.70. The Kier molecular flexibility index (Phi) is 4.79. The van der Waals surface area contributed by atoms with Gasteiger partial charge < -0.3 is 11.1 Å². The number of benzene rings is 1. The molecule has 1 aromatic carbocycles. The monoisotopic (exact) mass is 349 g/mol. The fraction of sp³-hybridized carbons (Fsp3) is 0.158. The molecule has 0 radical (unpaired) electrons. The van der Waals surface area contributed by atoms with Gasteiger partial charge >= 0.3 is 0 Å². The van der Waals surface area contributed by atoms with E-state index in [0.717, 1.165) is 11.4 Å². The number of aryl methyl sites for hydroxylation is 2. The molecule has 0 unspecified atom stereocenters. The molecule has 0 aliphatic carbocycles. The van der Waals surface area contributed by atoms with Crippen LogP contribution in [0.1, 0.15) is 33.4 Å². The van der Waals surface area contributed by atoms with E-state index in [0.29, 0.717) is 16.9 Å². The molecule has 2 amide bonds. The molecule has 3 aromatic rings. The van der Waals surface area contributed by atoms with Crippen molar-refractivity contribution < 1.29 is 9.59 Å². The predicted molar refractivity (Wildman–Crippen MR) is 96.7 cm³/mol. The fourth-order valence-corrected chi connectivity index (χ4v) is 2.69. The number of pyridine rings is 1. The highest BCUT2D eigenvalue weighted by Crippen LogP contribution is 2.14. The zero-order valence-corrected chi connectivity index (χ0v) is 14.5. The van der Waals surface area contributed by atoms with Crippen molar-refractivity contribution in [3.8, 4) is 5.82 Å². The molecule has 0 fully saturated rings. The Balaban J connectivity index is 1.79. The van der Waals surface area contributed by atoms with Crippen LogP contribution >= 0.6 is 0 Å². The van der Waals surface area contributed by atoms with E-state index >= 15 is 0 Å². The van der Waals surface area contributed by atoms with Crippen LogP contribution in [0.15, 0.2) is 54.7 Å². The smallest absolute Gasteiger partial charge is 0.253 e. The maximum Gasteiger partial charge on any atom is 0.253 e. The van der Waals surface area contributed by atoms with E-state index < -0.39 is 17.9 Å². The molecule has 7 nitrogen and oxygen atoms in total. The van der Waals surface area contributed by atoms with Crippen molar-refractivity contribution in [3.05, 3.63) is 77.2 Å². The van der Waals surface area contributed by atoms with E-state index in [9.17, 15) is 9.59 Å². The second kappa shape index (κ2) is 7.18. The van der Waals surface area contributed by atoms with Crippen LogP contribution in [0.3, 0.4) is 0 Å². The SMILES string of the molecule is Cc1cc(C)n(-c2ccc(C(=O)N[C@@H](C(N)=O)c3ccccc3)cn2)n1. The first kappa shape index (κ1) is 17.3. The van der Waals surface area contributed by atoms with Crippen LogP contribution in [0.25, 0.3) is 5.82 Å². The highest BCUT2D eigenvalue weighted by molar-refractivity contribution is 5.97. The summed E-state index contributed by atoms with van der Waals surface area (Å²) in [5.41, 5.74) is 8.23. The van der Waals surface area contributed by atoms with Crippen LogP contribution in [0.2, 0.25) is 0 Å². The third-order valence-electron chi connectivity index (χ3n) is 3.93. The molecule has 26 heavy (non-hydrogen) atoms. The number of primary amides is 1. The molecule has 2 aromatic heterocycles. The first-order chi connectivity index (χ1) is 12.5. The Hall–Kier alpha value is -3.48. The summed E-state index contributed by atoms with van der Waals surface area (Å²) in [6.07, 6.45) is 1.45. The zero-order valence-electron chi connectivity index (χ0n) is 14.5. The zero-order chi connectivity index (χ0) is 18.7. The second-order valence-corrected chi connectivity index (χ2v) is 5.96. The average Bonchev–Trinajstić information content (AvgIpc) is 2.98. The first-order valence-corrected chi connectivity index (χ1v) is 8.10. The van der Waals surface area contributed by atoms with Gasteiger partial charge in [0.2, 0.25) is 5.91 Å². The molecule has 0 aliphatic rings. The normalized spacial score (nSPS) is 11.8. The predicted octanol–water partition coefficient (Wildman–Crippen LogP) is 1.84. The lowest BCUT2D eigenvalue weighted by atomic mass is 10.1. The summed E-state index contributed by atoms with van der Waals surface area (Å²) in [5.74, 6) is -0.441. The van der Waals surface area contributed by atoms with Crippen molar-refractivity contribution in [2.45, 2.75) is 19.9 Å². The van der Waals surface area contributed by atoms with E-state index in [2.05, 4.69) is 15.4 Å². The average molecular weight is 349 g/mol. The van der Waals surface area contributed by atoms with Gasteiger partial charge in [-0.2, -0.15) is 5.10 Å². The van der Waals surface area contributed by atoms with Gasteiger partial charge in [0.05, 0.1) is 11.3 Å². The van der Waals surface area contributed by atoms with Crippen molar-refractivity contribution in [1.82, 2.24) is 20.1 Å². The number of amides is 2. The van der Waals surface area contributed by atoms with Gasteiger partial charge in [-0.05, 0) is 37.6 Å². The van der Waals surface area contributed by atoms with Gasteiger partial charge in [-0.3, -0.25) is 9.59 Å². The lowest BCUT2D eigenvalue weighted by Gasteiger charge is -2.16. The highest BCUT2D eigenvalue weighted by Gasteiger charge is 2.21. The molecule has 0 aliphatic heterocycles. The van der Waals surface area contributed by atoms with Crippen LogP contribution in [0.5, 0.6) is 0 Å². The molecule has 3 rings (SSSR count). The van der Waals surface area contributed by atoms with Crippen molar-refractivity contribution in [2.24, 2.45) is 5.73 Å². The quantitative estimate of drug-likeness (QED) is 0.733. The Morgan fingerprint density at radius 2 is 1.85 bits per heavy atom. The summed E-state index contributed by atoms with van der Waals surface area (Å²) in [6.45, 7) is 3.83. The molecule has 0 spiro atoms. The Morgan fingerprint density at radius 1 is 1.12 bits per heavy atom. The Labute approximate surface area is 150 Å². The molecule has 3 N–H and O–H groups in total. The third kappa shape index (κ3) is 3.61. The summed E-state index contributed by atoms with van der Waals surface area (Å²) in [5, 5.41) is 7.01. The maximum absolute atomic E-state index is 12.5. The third-order valence-corrected chi connectivity index (χ3v) is 3.93. The molecule has 0 saturated carbocycles. The largest absolute Gasteiger partial charge is 0.368 e. The number of nitrogens with zero attached hydrogens (tertiary/aromatic N) is 3. The van der Waals surface area contributed by atoms with Crippen molar-refractivity contribution in [3.63, 3.8) is 0 Å². The number of carbonyl (C=O) groups is 2. The molecule has 2 heterocycles. The van der Waals surface area contributed by atoms with Gasteiger partial charge in [-0.15, -0.1) is 0 Å². The summed E-state index contributed by atoms with van der Waals surface area (Å²) in [6, 6.07) is 13.2. The Morgan fingerprint density at radius 3 is 2.38 bits per heavy atom. The minimum absolute atomic E-state index is 0.331. The lowest BCUT2D eigenvalue weighted by Crippen LogP contribution is -2.37. The highest BCUT2D eigenvalue weighted by atomic mass is 16.2. The maximum atomic E-state index is 12.5. The van der Waals surface area contributed by atoms with Crippen molar-refractivity contribution in [2.75, 3.05) is 0 Å². The van der Waals surface area contributed by atoms with Gasteiger partial charge in [0.1, 0.15) is 6.04 Å². The van der Waals surface area contributed by atoms with E-state index in [1.165, 1.54) is 6.20 Å². The topological polar surface area (TPSA) is 103 Å². The van der Waals surface area contributed by atoms with Gasteiger partial charge in [0.25, 0.3) is 5.91 Å². The van der Waals surface area contributed by atoms with Crippen molar-refractivity contribution in [1.29, 1.82) is 0 Å². The van der Waals surface area contributed by atoms with E-state index in [4.69, 9.17) is 5.73 Å². The van der Waals surface area contributed by atoms with Crippen LogP contribution < -0.4 is 11.1 Å². The molecule has 0 bridgehead atoms. The summed E-state index contributed by atoms with van der Waals surface area (Å²) in [4.78, 5) is 28.5. The van der Waals surface area contributed by atoms with Crippen LogP contribution in [0, 0.1) is 13.8 Å². The molecular weight excluding hydrogens is 330 g/mol. The van der Waals surface area contributed by atoms with E-state index in [1.807, 2.05) is 26.0 Å². The van der Waals surface area contributed by atoms with Gasteiger partial charge in [0, 0.05) is 11.9 Å². The summed E-state index contributed by atoms with van der Waals surface area (Å²) in [7, 11) is 0. The minimum Gasteiger partial charge on any atom is -0.368 e. The standard InChI is InChI=1S/C19H19N5O2/c1-12-10-13(2)24(23-12)16-9-8-15(11-21-16)19(26)22-17(18(20)25)14-6-4-3-5-7-14/h3-11,17H,1-2H3,(H2,20,25)(H,22,26)/t17-/m1/s1. The van der Waals surface area contributed by atoms with Crippen LogP contribution in [0.4, 0.5) is 0 Å². The molecule has 1 atom stereocenters. The number of nitrogens with two attached hydrogens (primary N) is 1. The van der Waals surface area contributed by atoms with Gasteiger partial charge in [-0.1, -0.05) is 30.3 Å². The first-order valence-electron chi connectivity index (χ1n) is 8.10. The second-order valence-electron chi connectivity index (χ2n) is 5.96. The van der Waals surface area contributed by atoms with Crippen molar-refractivity contribution >= 4 is 11.8 Å². The fourth-order valence-electron chi connectivity index (χ4n) is 2.69. The number of aromatic nitrogens is 3. The number of carbonyl (C=O) groups excluding carboxylic acids is 2. The number of rotatable bonds is 5. The van der Waals surface area contributed by atoms with E-state index in [1.54, 1.807) is 41.1 Å². The van der Waals surface area contributed by atoms with Gasteiger partial charge in [0.15, 0.2) is 5.82 Å². The molecule has 132 valence electrons. The molecule has 0 saturated heterocycles.